The largest absolute Gasteiger partial charge is 0.347 e. The summed E-state index contributed by atoms with van der Waals surface area (Å²) in [6.45, 7) is 1.80. The van der Waals surface area contributed by atoms with Crippen molar-refractivity contribution in [3.8, 4) is 0 Å². The van der Waals surface area contributed by atoms with Gasteiger partial charge in [-0.15, -0.1) is 0 Å². The maximum absolute atomic E-state index is 5.65. The summed E-state index contributed by atoms with van der Waals surface area (Å²) in [5.74, 6) is 0. The van der Waals surface area contributed by atoms with Crippen molar-refractivity contribution in [2.75, 3.05) is 7.05 Å². The Kier molecular flexibility index (Phi) is 1.22. The Balaban J connectivity index is 2.74. The number of nitrogens with two attached hydrogens (primary N) is 2. The van der Waals surface area contributed by atoms with Gasteiger partial charge in [0.05, 0.1) is 6.34 Å². The summed E-state index contributed by atoms with van der Waals surface area (Å²) in [4.78, 5) is 5.78. The predicted octanol–water partition coefficient (Wildman–Crippen LogP) is -1.08. The first-order valence-corrected chi connectivity index (χ1v) is 2.86. The van der Waals surface area contributed by atoms with Crippen molar-refractivity contribution in [2.45, 2.75) is 18.8 Å². The molecule has 0 aromatic rings. The Hall–Kier alpha value is -0.610. The van der Waals surface area contributed by atoms with Crippen LogP contribution in [-0.2, 0) is 0 Å². The van der Waals surface area contributed by atoms with Gasteiger partial charge in [-0.05, 0) is 6.92 Å². The molecule has 0 saturated carbocycles. The topological polar surface area (TPSA) is 67.6 Å². The van der Waals surface area contributed by atoms with E-state index in [0.29, 0.717) is 0 Å². The highest BCUT2D eigenvalue weighted by atomic mass is 15.3. The van der Waals surface area contributed by atoms with Crippen LogP contribution in [0.4, 0.5) is 0 Å². The predicted molar refractivity (Wildman–Crippen MR) is 36.8 cm³/mol. The van der Waals surface area contributed by atoms with Crippen molar-refractivity contribution < 1.29 is 0 Å². The second-order valence-electron chi connectivity index (χ2n) is 2.58. The maximum Gasteiger partial charge on any atom is 0.140 e. The number of likely N-dealkylation sites (N-methyl/N-ethyl adjacent to an activating group) is 1. The molecular weight excluding hydrogens is 116 g/mol. The Labute approximate surface area is 54.5 Å². The minimum atomic E-state index is -0.602. The van der Waals surface area contributed by atoms with E-state index in [0.717, 1.165) is 0 Å². The summed E-state index contributed by atoms with van der Waals surface area (Å²) >= 11 is 0. The van der Waals surface area contributed by atoms with Gasteiger partial charge >= 0.3 is 0 Å². The molecule has 4 N–H and O–H groups in total. The minimum Gasteiger partial charge on any atom is -0.347 e. The molecule has 0 fully saturated rings. The van der Waals surface area contributed by atoms with Crippen LogP contribution in [0.25, 0.3) is 0 Å². The fraction of sp³-hybridized carbons (Fsp3) is 0.800. The van der Waals surface area contributed by atoms with Gasteiger partial charge in [-0.25, -0.2) is 0 Å². The second-order valence-corrected chi connectivity index (χ2v) is 2.58. The molecule has 0 aromatic carbocycles. The SMILES string of the molecule is CN1C=NC(C)(N)C1N. The Morgan fingerprint density at radius 1 is 1.78 bits per heavy atom. The van der Waals surface area contributed by atoms with Gasteiger partial charge in [-0.1, -0.05) is 0 Å². The number of nitrogens with zero attached hydrogens (tertiary/aromatic N) is 2. The average Bonchev–Trinajstić information content (AvgIpc) is 1.97. The van der Waals surface area contributed by atoms with E-state index in [9.17, 15) is 0 Å². The van der Waals surface area contributed by atoms with Gasteiger partial charge in [-0.3, -0.25) is 4.99 Å². The lowest BCUT2D eigenvalue weighted by molar-refractivity contribution is 0.288. The van der Waals surface area contributed by atoms with E-state index in [-0.39, 0.29) is 6.17 Å². The van der Waals surface area contributed by atoms with Crippen LogP contribution in [0.3, 0.4) is 0 Å². The summed E-state index contributed by atoms with van der Waals surface area (Å²) in [7, 11) is 1.85. The zero-order valence-electron chi connectivity index (χ0n) is 5.70. The summed E-state index contributed by atoms with van der Waals surface area (Å²) in [5, 5.41) is 0. The highest BCUT2D eigenvalue weighted by Gasteiger charge is 2.32. The molecular formula is C5H12N4. The van der Waals surface area contributed by atoms with Gasteiger partial charge in [0.1, 0.15) is 11.8 Å². The van der Waals surface area contributed by atoms with Gasteiger partial charge in [0, 0.05) is 7.05 Å². The number of rotatable bonds is 0. The molecule has 4 heteroatoms. The molecule has 0 spiro atoms. The van der Waals surface area contributed by atoms with Crippen LogP contribution in [0.15, 0.2) is 4.99 Å². The third-order valence-corrected chi connectivity index (χ3v) is 1.56. The normalized spacial score (nSPS) is 42.2. The molecule has 1 heterocycles. The first kappa shape index (κ1) is 6.51. The highest BCUT2D eigenvalue weighted by Crippen LogP contribution is 2.13. The van der Waals surface area contributed by atoms with Crippen molar-refractivity contribution in [2.24, 2.45) is 16.5 Å². The number of hydrogen-bond acceptors (Lipinski definition) is 4. The van der Waals surface area contributed by atoms with E-state index in [1.165, 1.54) is 0 Å². The summed E-state index contributed by atoms with van der Waals surface area (Å²) in [5.41, 5.74) is 10.7. The Morgan fingerprint density at radius 2 is 2.33 bits per heavy atom. The molecule has 0 radical (unpaired) electrons. The quantitative estimate of drug-likeness (QED) is 0.436. The molecule has 0 aromatic heterocycles. The summed E-state index contributed by atoms with van der Waals surface area (Å²) in [6, 6.07) is 0. The average molecular weight is 128 g/mol. The molecule has 1 aliphatic heterocycles. The molecule has 1 rings (SSSR count). The maximum atomic E-state index is 5.65. The zero-order valence-corrected chi connectivity index (χ0v) is 5.70. The molecule has 4 nitrogen and oxygen atoms in total. The van der Waals surface area contributed by atoms with Crippen LogP contribution in [0.5, 0.6) is 0 Å². The standard InChI is InChI=1S/C5H12N4/c1-5(7)4(6)9(2)3-8-5/h3-4H,6-7H2,1-2H3. The molecule has 9 heavy (non-hydrogen) atoms. The lowest BCUT2D eigenvalue weighted by Gasteiger charge is -2.24. The summed E-state index contributed by atoms with van der Waals surface area (Å²) < 4.78 is 0. The second kappa shape index (κ2) is 1.68. The van der Waals surface area contributed by atoms with Crippen LogP contribution in [0.2, 0.25) is 0 Å². The van der Waals surface area contributed by atoms with Gasteiger partial charge < -0.3 is 16.4 Å². The smallest absolute Gasteiger partial charge is 0.140 e. The number of hydrogen-bond donors (Lipinski definition) is 2. The Morgan fingerprint density at radius 3 is 2.44 bits per heavy atom. The highest BCUT2D eigenvalue weighted by molar-refractivity contribution is 5.59. The van der Waals surface area contributed by atoms with Crippen molar-refractivity contribution in [3.63, 3.8) is 0 Å². The fourth-order valence-corrected chi connectivity index (χ4v) is 0.776. The summed E-state index contributed by atoms with van der Waals surface area (Å²) in [6.07, 6.45) is 1.47. The van der Waals surface area contributed by atoms with Crippen LogP contribution in [0.1, 0.15) is 6.92 Å². The van der Waals surface area contributed by atoms with E-state index in [4.69, 9.17) is 11.5 Å². The third-order valence-electron chi connectivity index (χ3n) is 1.56. The molecule has 2 unspecified atom stereocenters. The van der Waals surface area contributed by atoms with E-state index >= 15 is 0 Å². The van der Waals surface area contributed by atoms with E-state index < -0.39 is 5.66 Å². The minimum absolute atomic E-state index is 0.183. The lowest BCUT2D eigenvalue weighted by Crippen LogP contribution is -2.54. The molecule has 1 aliphatic rings. The lowest BCUT2D eigenvalue weighted by atomic mass is 10.2. The van der Waals surface area contributed by atoms with Gasteiger partial charge in [0.2, 0.25) is 0 Å². The molecule has 0 aliphatic carbocycles. The molecule has 0 amide bonds. The Bertz CT molecular complexity index is 140. The first-order valence-electron chi connectivity index (χ1n) is 2.86. The van der Waals surface area contributed by atoms with Crippen molar-refractivity contribution in [3.05, 3.63) is 0 Å². The third kappa shape index (κ3) is 0.906. The van der Waals surface area contributed by atoms with E-state index in [1.807, 2.05) is 7.05 Å². The molecule has 2 atom stereocenters. The van der Waals surface area contributed by atoms with Crippen molar-refractivity contribution in [1.82, 2.24) is 4.90 Å². The molecule has 0 bridgehead atoms. The van der Waals surface area contributed by atoms with Gasteiger partial charge in [0.25, 0.3) is 0 Å². The van der Waals surface area contributed by atoms with Gasteiger partial charge in [-0.2, -0.15) is 0 Å². The zero-order chi connectivity index (χ0) is 7.07. The van der Waals surface area contributed by atoms with Gasteiger partial charge in [0.15, 0.2) is 0 Å². The number of aliphatic imine (C=N–C) groups is 1. The van der Waals surface area contributed by atoms with Crippen molar-refractivity contribution >= 4 is 6.34 Å². The fourth-order valence-electron chi connectivity index (χ4n) is 0.776. The van der Waals surface area contributed by atoms with E-state index in [2.05, 4.69) is 4.99 Å². The van der Waals surface area contributed by atoms with Crippen LogP contribution >= 0.6 is 0 Å². The van der Waals surface area contributed by atoms with Crippen LogP contribution < -0.4 is 11.5 Å². The molecule has 52 valence electrons. The van der Waals surface area contributed by atoms with Crippen molar-refractivity contribution in [1.29, 1.82) is 0 Å². The van der Waals surface area contributed by atoms with Crippen LogP contribution in [-0.4, -0.2) is 30.1 Å². The monoisotopic (exact) mass is 128 g/mol. The van der Waals surface area contributed by atoms with Crippen LogP contribution in [0, 0.1) is 0 Å². The van der Waals surface area contributed by atoms with E-state index in [1.54, 1.807) is 18.2 Å². The first-order chi connectivity index (χ1) is 4.04. The molecule has 0 saturated heterocycles.